The van der Waals surface area contributed by atoms with E-state index in [1.807, 2.05) is 53.2 Å². The molecule has 0 amide bonds. The third-order valence-corrected chi connectivity index (χ3v) is 3.57. The SMILES string of the molecule is c1ccc(-c2ncnn2-c2cccc3ccccc23)cc1. The van der Waals surface area contributed by atoms with Crippen LogP contribution in [0.1, 0.15) is 0 Å². The Bertz CT molecular complexity index is 889. The summed E-state index contributed by atoms with van der Waals surface area (Å²) in [6.45, 7) is 0. The molecular formula is C18H13N3. The summed E-state index contributed by atoms with van der Waals surface area (Å²) in [6, 6.07) is 24.7. The number of benzene rings is 3. The molecule has 4 aromatic rings. The number of rotatable bonds is 2. The molecule has 3 aromatic carbocycles. The highest BCUT2D eigenvalue weighted by Crippen LogP contribution is 2.25. The molecule has 0 spiro atoms. The summed E-state index contributed by atoms with van der Waals surface area (Å²) in [5.74, 6) is 0.854. The molecule has 0 saturated carbocycles. The maximum absolute atomic E-state index is 4.42. The molecule has 1 heterocycles. The molecule has 3 heteroatoms. The van der Waals surface area contributed by atoms with Crippen LogP contribution in [-0.4, -0.2) is 14.8 Å². The van der Waals surface area contributed by atoms with Crippen LogP contribution < -0.4 is 0 Å². The largest absolute Gasteiger partial charge is 0.215 e. The van der Waals surface area contributed by atoms with Gasteiger partial charge in [0.25, 0.3) is 0 Å². The summed E-state index contributed by atoms with van der Waals surface area (Å²) < 4.78 is 1.90. The number of nitrogens with zero attached hydrogens (tertiary/aromatic N) is 3. The minimum absolute atomic E-state index is 0.854. The lowest BCUT2D eigenvalue weighted by Gasteiger charge is -2.09. The minimum atomic E-state index is 0.854. The summed E-state index contributed by atoms with van der Waals surface area (Å²) >= 11 is 0. The number of hydrogen-bond donors (Lipinski definition) is 0. The van der Waals surface area contributed by atoms with E-state index in [9.17, 15) is 0 Å². The first kappa shape index (κ1) is 11.9. The Labute approximate surface area is 122 Å². The van der Waals surface area contributed by atoms with Gasteiger partial charge in [-0.15, -0.1) is 0 Å². The van der Waals surface area contributed by atoms with Crippen LogP contribution in [-0.2, 0) is 0 Å². The normalized spacial score (nSPS) is 10.9. The van der Waals surface area contributed by atoms with E-state index in [4.69, 9.17) is 0 Å². The van der Waals surface area contributed by atoms with Gasteiger partial charge in [-0.3, -0.25) is 0 Å². The zero-order valence-corrected chi connectivity index (χ0v) is 11.3. The monoisotopic (exact) mass is 271 g/mol. The van der Waals surface area contributed by atoms with E-state index >= 15 is 0 Å². The molecule has 100 valence electrons. The summed E-state index contributed by atoms with van der Waals surface area (Å²) in [5, 5.41) is 6.79. The van der Waals surface area contributed by atoms with Gasteiger partial charge in [0.15, 0.2) is 5.82 Å². The zero-order valence-electron chi connectivity index (χ0n) is 11.3. The molecule has 3 nitrogen and oxygen atoms in total. The smallest absolute Gasteiger partial charge is 0.163 e. The Morgan fingerprint density at radius 3 is 2.38 bits per heavy atom. The second-order valence-corrected chi connectivity index (χ2v) is 4.86. The molecule has 0 unspecified atom stereocenters. The second kappa shape index (κ2) is 4.87. The van der Waals surface area contributed by atoms with Gasteiger partial charge in [0.05, 0.1) is 5.69 Å². The fourth-order valence-electron chi connectivity index (χ4n) is 2.59. The van der Waals surface area contributed by atoms with Crippen molar-refractivity contribution in [1.29, 1.82) is 0 Å². The number of aromatic nitrogens is 3. The summed E-state index contributed by atoms with van der Waals surface area (Å²) in [5.41, 5.74) is 2.10. The highest BCUT2D eigenvalue weighted by molar-refractivity contribution is 5.90. The molecule has 0 fully saturated rings. The van der Waals surface area contributed by atoms with Gasteiger partial charge in [0.1, 0.15) is 6.33 Å². The van der Waals surface area contributed by atoms with Crippen molar-refractivity contribution in [1.82, 2.24) is 14.8 Å². The van der Waals surface area contributed by atoms with Crippen molar-refractivity contribution >= 4 is 10.8 Å². The van der Waals surface area contributed by atoms with E-state index in [1.165, 1.54) is 10.8 Å². The standard InChI is InChI=1S/C18H13N3/c1-2-8-15(9-3-1)18-19-13-20-21(18)17-12-6-10-14-7-4-5-11-16(14)17/h1-13H. The lowest BCUT2D eigenvalue weighted by Crippen LogP contribution is -2.00. The maximum Gasteiger partial charge on any atom is 0.163 e. The minimum Gasteiger partial charge on any atom is -0.215 e. The fourth-order valence-corrected chi connectivity index (χ4v) is 2.59. The Balaban J connectivity index is 1.97. The van der Waals surface area contributed by atoms with Crippen molar-refractivity contribution in [2.24, 2.45) is 0 Å². The molecule has 0 aliphatic rings. The maximum atomic E-state index is 4.42. The van der Waals surface area contributed by atoms with Crippen molar-refractivity contribution in [3.8, 4) is 17.1 Å². The van der Waals surface area contributed by atoms with Gasteiger partial charge in [-0.25, -0.2) is 9.67 Å². The third-order valence-electron chi connectivity index (χ3n) is 3.57. The molecule has 0 aliphatic heterocycles. The van der Waals surface area contributed by atoms with Crippen LogP contribution in [0.15, 0.2) is 79.1 Å². The number of hydrogen-bond acceptors (Lipinski definition) is 2. The fraction of sp³-hybridized carbons (Fsp3) is 0. The average molecular weight is 271 g/mol. The molecule has 1 aromatic heterocycles. The predicted molar refractivity (Wildman–Crippen MR) is 84.3 cm³/mol. The summed E-state index contributed by atoms with van der Waals surface area (Å²) in [6.07, 6.45) is 1.60. The van der Waals surface area contributed by atoms with E-state index in [-0.39, 0.29) is 0 Å². The molecule has 0 aliphatic carbocycles. The highest BCUT2D eigenvalue weighted by atomic mass is 15.3. The van der Waals surface area contributed by atoms with Crippen LogP contribution in [0.2, 0.25) is 0 Å². The van der Waals surface area contributed by atoms with Crippen molar-refractivity contribution in [2.75, 3.05) is 0 Å². The Morgan fingerprint density at radius 1 is 0.714 bits per heavy atom. The molecule has 0 atom stereocenters. The third kappa shape index (κ3) is 1.99. The first-order valence-electron chi connectivity index (χ1n) is 6.87. The highest BCUT2D eigenvalue weighted by Gasteiger charge is 2.10. The molecule has 0 bridgehead atoms. The van der Waals surface area contributed by atoms with Gasteiger partial charge in [-0.2, -0.15) is 5.10 Å². The van der Waals surface area contributed by atoms with Gasteiger partial charge >= 0.3 is 0 Å². The summed E-state index contributed by atoms with van der Waals surface area (Å²) in [4.78, 5) is 4.42. The molecule has 0 N–H and O–H groups in total. The first-order chi connectivity index (χ1) is 10.4. The van der Waals surface area contributed by atoms with Crippen molar-refractivity contribution in [3.63, 3.8) is 0 Å². The number of fused-ring (bicyclic) bond motifs is 1. The van der Waals surface area contributed by atoms with E-state index in [0.717, 1.165) is 17.1 Å². The van der Waals surface area contributed by atoms with Crippen LogP contribution in [0.25, 0.3) is 27.8 Å². The van der Waals surface area contributed by atoms with E-state index in [0.29, 0.717) is 0 Å². The Hall–Kier alpha value is -2.94. The topological polar surface area (TPSA) is 30.7 Å². The lowest BCUT2D eigenvalue weighted by molar-refractivity contribution is 0.894. The van der Waals surface area contributed by atoms with Crippen LogP contribution >= 0.6 is 0 Å². The predicted octanol–water partition coefficient (Wildman–Crippen LogP) is 4.09. The second-order valence-electron chi connectivity index (χ2n) is 4.86. The molecule has 0 radical (unpaired) electrons. The quantitative estimate of drug-likeness (QED) is 0.550. The zero-order chi connectivity index (χ0) is 14.1. The lowest BCUT2D eigenvalue weighted by atomic mass is 10.1. The van der Waals surface area contributed by atoms with Gasteiger partial charge in [0.2, 0.25) is 0 Å². The van der Waals surface area contributed by atoms with Crippen molar-refractivity contribution < 1.29 is 0 Å². The van der Waals surface area contributed by atoms with Gasteiger partial charge in [0, 0.05) is 10.9 Å². The van der Waals surface area contributed by atoms with Gasteiger partial charge < -0.3 is 0 Å². The van der Waals surface area contributed by atoms with E-state index < -0.39 is 0 Å². The average Bonchev–Trinajstić information content (AvgIpc) is 3.04. The van der Waals surface area contributed by atoms with Gasteiger partial charge in [-0.05, 0) is 11.5 Å². The van der Waals surface area contributed by atoms with Crippen LogP contribution in [0, 0.1) is 0 Å². The molecular weight excluding hydrogens is 258 g/mol. The molecule has 4 rings (SSSR count). The van der Waals surface area contributed by atoms with E-state index in [2.05, 4.69) is 34.3 Å². The summed E-state index contributed by atoms with van der Waals surface area (Å²) in [7, 11) is 0. The van der Waals surface area contributed by atoms with Gasteiger partial charge in [-0.1, -0.05) is 66.7 Å². The van der Waals surface area contributed by atoms with Crippen LogP contribution in [0.4, 0.5) is 0 Å². The van der Waals surface area contributed by atoms with Crippen molar-refractivity contribution in [3.05, 3.63) is 79.1 Å². The van der Waals surface area contributed by atoms with E-state index in [1.54, 1.807) is 6.33 Å². The Morgan fingerprint density at radius 2 is 1.48 bits per heavy atom. The molecule has 21 heavy (non-hydrogen) atoms. The first-order valence-corrected chi connectivity index (χ1v) is 6.87. The van der Waals surface area contributed by atoms with Crippen LogP contribution in [0.3, 0.4) is 0 Å². The molecule has 0 saturated heterocycles. The van der Waals surface area contributed by atoms with Crippen LogP contribution in [0.5, 0.6) is 0 Å². The Kier molecular flexibility index (Phi) is 2.75. The van der Waals surface area contributed by atoms with Crippen molar-refractivity contribution in [2.45, 2.75) is 0 Å².